The first-order valence-corrected chi connectivity index (χ1v) is 10.3. The largest absolute Gasteiger partial charge is 0.352 e. The fourth-order valence-electron chi connectivity index (χ4n) is 3.44. The van der Waals surface area contributed by atoms with Crippen LogP contribution in [0.15, 0.2) is 12.3 Å². The van der Waals surface area contributed by atoms with Crippen molar-refractivity contribution in [2.75, 3.05) is 6.54 Å². The van der Waals surface area contributed by atoms with Crippen molar-refractivity contribution in [2.45, 2.75) is 78.3 Å². The molecule has 0 saturated heterocycles. The summed E-state index contributed by atoms with van der Waals surface area (Å²) < 4.78 is 1.70. The summed E-state index contributed by atoms with van der Waals surface area (Å²) >= 11 is 0. The third-order valence-corrected chi connectivity index (χ3v) is 5.86. The van der Waals surface area contributed by atoms with Crippen LogP contribution in [-0.2, 0) is 16.1 Å². The molecule has 150 valence electrons. The van der Waals surface area contributed by atoms with Crippen molar-refractivity contribution < 1.29 is 9.59 Å². The van der Waals surface area contributed by atoms with E-state index in [1.807, 2.05) is 12.3 Å². The van der Waals surface area contributed by atoms with Gasteiger partial charge in [0.15, 0.2) is 0 Å². The van der Waals surface area contributed by atoms with Gasteiger partial charge in [0.25, 0.3) is 0 Å². The van der Waals surface area contributed by atoms with Gasteiger partial charge >= 0.3 is 0 Å². The highest BCUT2D eigenvalue weighted by Gasteiger charge is 2.33. The molecule has 6 nitrogen and oxygen atoms in total. The third-order valence-electron chi connectivity index (χ3n) is 5.86. The van der Waals surface area contributed by atoms with Gasteiger partial charge in [0.1, 0.15) is 6.54 Å². The molecule has 0 bridgehead atoms. The lowest BCUT2D eigenvalue weighted by atomic mass is 9.86. The first-order chi connectivity index (χ1) is 12.7. The van der Waals surface area contributed by atoms with Crippen LogP contribution in [0.3, 0.4) is 0 Å². The van der Waals surface area contributed by atoms with Crippen LogP contribution in [0.1, 0.15) is 71.4 Å². The maximum atomic E-state index is 12.3. The number of amides is 2. The standard InChI is InChI=1S/C21H34N4O2/c1-14-11-16(14)7-8-19(26)23-18(21(2,3)4)12-22-20(27)13-25-10-9-17(24-25)15-5-6-15/h9-10,14-16,18H,5-8,11-13H2,1-4H3,(H,22,27)(H,23,26)/t14-,16-,18-/m1/s1. The Morgan fingerprint density at radius 1 is 1.30 bits per heavy atom. The normalized spacial score (nSPS) is 23.0. The van der Waals surface area contributed by atoms with Crippen LogP contribution in [0.25, 0.3) is 0 Å². The van der Waals surface area contributed by atoms with Crippen molar-refractivity contribution >= 4 is 11.8 Å². The Bertz CT molecular complexity index is 672. The molecule has 27 heavy (non-hydrogen) atoms. The van der Waals surface area contributed by atoms with Crippen molar-refractivity contribution in [1.82, 2.24) is 20.4 Å². The smallest absolute Gasteiger partial charge is 0.241 e. The molecule has 1 aromatic heterocycles. The number of nitrogens with zero attached hydrogens (tertiary/aromatic N) is 2. The second-order valence-corrected chi connectivity index (χ2v) is 9.51. The Hall–Kier alpha value is -1.85. The van der Waals surface area contributed by atoms with Crippen LogP contribution >= 0.6 is 0 Å². The molecule has 3 rings (SSSR count). The highest BCUT2D eigenvalue weighted by Crippen LogP contribution is 2.41. The maximum absolute atomic E-state index is 12.3. The van der Waals surface area contributed by atoms with Gasteiger partial charge in [-0.25, -0.2) is 0 Å². The van der Waals surface area contributed by atoms with Crippen LogP contribution in [0.4, 0.5) is 0 Å². The predicted molar refractivity (Wildman–Crippen MR) is 105 cm³/mol. The summed E-state index contributed by atoms with van der Waals surface area (Å²) in [4.78, 5) is 24.6. The molecule has 2 amide bonds. The van der Waals surface area contributed by atoms with E-state index in [9.17, 15) is 9.59 Å². The van der Waals surface area contributed by atoms with E-state index in [1.165, 1.54) is 19.3 Å². The number of carbonyl (C=O) groups excluding carboxylic acids is 2. The molecule has 0 unspecified atom stereocenters. The molecule has 2 fully saturated rings. The third kappa shape index (κ3) is 6.08. The van der Waals surface area contributed by atoms with Crippen molar-refractivity contribution in [3.05, 3.63) is 18.0 Å². The average Bonchev–Trinajstić information content (AvgIpc) is 3.50. The molecule has 2 aliphatic carbocycles. The number of aromatic nitrogens is 2. The fourth-order valence-corrected chi connectivity index (χ4v) is 3.44. The Morgan fingerprint density at radius 2 is 2.00 bits per heavy atom. The van der Waals surface area contributed by atoms with Gasteiger partial charge in [-0.3, -0.25) is 14.3 Å². The fraction of sp³-hybridized carbons (Fsp3) is 0.762. The van der Waals surface area contributed by atoms with E-state index in [2.05, 4.69) is 43.4 Å². The van der Waals surface area contributed by atoms with Crippen molar-refractivity contribution in [1.29, 1.82) is 0 Å². The molecule has 0 radical (unpaired) electrons. The number of nitrogens with one attached hydrogen (secondary N) is 2. The zero-order chi connectivity index (χ0) is 19.6. The lowest BCUT2D eigenvalue weighted by Crippen LogP contribution is -2.51. The van der Waals surface area contributed by atoms with Crippen LogP contribution in [0, 0.1) is 17.3 Å². The minimum absolute atomic E-state index is 0.0734. The first kappa shape index (κ1) is 19.9. The molecular weight excluding hydrogens is 340 g/mol. The van der Waals surface area contributed by atoms with E-state index in [0.29, 0.717) is 18.9 Å². The van der Waals surface area contributed by atoms with Gasteiger partial charge in [0.2, 0.25) is 11.8 Å². The van der Waals surface area contributed by atoms with Gasteiger partial charge in [-0.1, -0.05) is 27.7 Å². The second-order valence-electron chi connectivity index (χ2n) is 9.51. The first-order valence-electron chi connectivity index (χ1n) is 10.3. The molecule has 0 aromatic carbocycles. The molecule has 2 N–H and O–H groups in total. The summed E-state index contributed by atoms with van der Waals surface area (Å²) in [5.74, 6) is 2.10. The summed E-state index contributed by atoms with van der Waals surface area (Å²) in [6.45, 7) is 9.15. The van der Waals surface area contributed by atoms with Crippen LogP contribution in [0.2, 0.25) is 0 Å². The quantitative estimate of drug-likeness (QED) is 0.698. The summed E-state index contributed by atoms with van der Waals surface area (Å²) in [6.07, 6.45) is 7.08. The van der Waals surface area contributed by atoms with E-state index >= 15 is 0 Å². The minimum atomic E-state index is -0.124. The number of rotatable bonds is 9. The van der Waals surface area contributed by atoms with Gasteiger partial charge in [0, 0.05) is 25.1 Å². The van der Waals surface area contributed by atoms with Gasteiger partial charge in [-0.2, -0.15) is 5.10 Å². The highest BCUT2D eigenvalue weighted by molar-refractivity contribution is 5.77. The zero-order valence-electron chi connectivity index (χ0n) is 17.1. The molecular formula is C21H34N4O2. The molecule has 0 spiro atoms. The van der Waals surface area contributed by atoms with E-state index in [0.717, 1.165) is 24.0 Å². The summed E-state index contributed by atoms with van der Waals surface area (Å²) in [7, 11) is 0. The lowest BCUT2D eigenvalue weighted by Gasteiger charge is -2.31. The van der Waals surface area contributed by atoms with Crippen LogP contribution in [-0.4, -0.2) is 34.2 Å². The Morgan fingerprint density at radius 3 is 2.59 bits per heavy atom. The summed E-state index contributed by atoms with van der Waals surface area (Å²) in [6, 6.07) is 1.91. The summed E-state index contributed by atoms with van der Waals surface area (Å²) in [5, 5.41) is 10.6. The SMILES string of the molecule is C[C@@H]1C[C@H]1CCC(=O)N[C@H](CNC(=O)Cn1ccc(C2CC2)n1)C(C)(C)C. The molecule has 2 saturated carbocycles. The average molecular weight is 375 g/mol. The van der Waals surface area contributed by atoms with Crippen molar-refractivity contribution in [2.24, 2.45) is 17.3 Å². The molecule has 1 aromatic rings. The monoisotopic (exact) mass is 374 g/mol. The zero-order valence-corrected chi connectivity index (χ0v) is 17.1. The highest BCUT2D eigenvalue weighted by atomic mass is 16.2. The number of hydrogen-bond acceptors (Lipinski definition) is 3. The van der Waals surface area contributed by atoms with E-state index in [-0.39, 0.29) is 29.8 Å². The second kappa shape index (κ2) is 8.03. The van der Waals surface area contributed by atoms with Gasteiger partial charge < -0.3 is 10.6 Å². The molecule has 2 aliphatic rings. The number of hydrogen-bond donors (Lipinski definition) is 2. The van der Waals surface area contributed by atoms with Gasteiger partial charge in [0.05, 0.1) is 11.7 Å². The molecule has 0 aliphatic heterocycles. The Kier molecular flexibility index (Phi) is 5.92. The maximum Gasteiger partial charge on any atom is 0.241 e. The minimum Gasteiger partial charge on any atom is -0.352 e. The molecule has 3 atom stereocenters. The lowest BCUT2D eigenvalue weighted by molar-refractivity contribution is -0.124. The van der Waals surface area contributed by atoms with Crippen molar-refractivity contribution in [3.63, 3.8) is 0 Å². The molecule has 1 heterocycles. The molecule has 6 heteroatoms. The van der Waals surface area contributed by atoms with Crippen molar-refractivity contribution in [3.8, 4) is 0 Å². The van der Waals surface area contributed by atoms with Crippen LogP contribution < -0.4 is 10.6 Å². The van der Waals surface area contributed by atoms with E-state index in [4.69, 9.17) is 0 Å². The van der Waals surface area contributed by atoms with Gasteiger partial charge in [-0.05, 0) is 49.0 Å². The predicted octanol–water partition coefficient (Wildman–Crippen LogP) is 2.84. The summed E-state index contributed by atoms with van der Waals surface area (Å²) in [5.41, 5.74) is 0.966. The van der Waals surface area contributed by atoms with Gasteiger partial charge in [-0.15, -0.1) is 0 Å². The Balaban J connectivity index is 1.43. The Labute approximate surface area is 162 Å². The van der Waals surface area contributed by atoms with Crippen LogP contribution in [0.5, 0.6) is 0 Å². The number of carbonyl (C=O) groups is 2. The van der Waals surface area contributed by atoms with E-state index < -0.39 is 0 Å². The van der Waals surface area contributed by atoms with E-state index in [1.54, 1.807) is 4.68 Å². The topological polar surface area (TPSA) is 76.0 Å².